The van der Waals surface area contributed by atoms with Crippen molar-refractivity contribution in [3.8, 4) is 5.75 Å². The standard InChI is InChI=1S/C13H19N3O2/c1-14-6-3-7-15-10-4-5-12-11(8-10)16(2)13(17)9-18-12/h4-5,8,14-15H,3,6-7,9H2,1-2H3. The lowest BCUT2D eigenvalue weighted by Gasteiger charge is -2.26. The molecular weight excluding hydrogens is 230 g/mol. The molecule has 5 nitrogen and oxygen atoms in total. The molecule has 5 heteroatoms. The minimum atomic E-state index is -0.0187. The largest absolute Gasteiger partial charge is 0.482 e. The minimum absolute atomic E-state index is 0.0187. The topological polar surface area (TPSA) is 53.6 Å². The summed E-state index contributed by atoms with van der Waals surface area (Å²) in [7, 11) is 3.71. The fourth-order valence-corrected chi connectivity index (χ4v) is 1.88. The molecule has 18 heavy (non-hydrogen) atoms. The summed E-state index contributed by atoms with van der Waals surface area (Å²) in [5.74, 6) is 0.743. The number of fused-ring (bicyclic) bond motifs is 1. The van der Waals surface area contributed by atoms with Crippen LogP contribution in [-0.4, -0.2) is 39.7 Å². The molecule has 1 amide bonds. The number of nitrogens with one attached hydrogen (secondary N) is 2. The van der Waals surface area contributed by atoms with Crippen LogP contribution in [0.1, 0.15) is 6.42 Å². The quantitative estimate of drug-likeness (QED) is 0.766. The van der Waals surface area contributed by atoms with Gasteiger partial charge in [-0.3, -0.25) is 4.79 Å². The number of carbonyl (C=O) groups is 1. The highest BCUT2D eigenvalue weighted by atomic mass is 16.5. The summed E-state index contributed by atoms with van der Waals surface area (Å²) in [5, 5.41) is 6.44. The smallest absolute Gasteiger partial charge is 0.264 e. The number of nitrogens with zero attached hydrogens (tertiary/aromatic N) is 1. The summed E-state index contributed by atoms with van der Waals surface area (Å²) in [6.07, 6.45) is 1.05. The number of anilines is 2. The highest BCUT2D eigenvalue weighted by Gasteiger charge is 2.22. The SMILES string of the molecule is CNCCCNc1ccc2c(c1)N(C)C(=O)CO2. The van der Waals surface area contributed by atoms with E-state index in [1.165, 1.54) is 0 Å². The molecule has 1 aromatic rings. The molecule has 1 heterocycles. The summed E-state index contributed by atoms with van der Waals surface area (Å²) < 4.78 is 5.38. The van der Waals surface area contributed by atoms with Gasteiger partial charge in [0.05, 0.1) is 5.69 Å². The molecule has 1 aliphatic heterocycles. The summed E-state index contributed by atoms with van der Waals surface area (Å²) in [6.45, 7) is 2.01. The lowest BCUT2D eigenvalue weighted by Crippen LogP contribution is -2.35. The zero-order valence-corrected chi connectivity index (χ0v) is 10.8. The molecule has 0 atom stereocenters. The van der Waals surface area contributed by atoms with E-state index >= 15 is 0 Å². The fourth-order valence-electron chi connectivity index (χ4n) is 1.88. The van der Waals surface area contributed by atoms with Gasteiger partial charge in [0.15, 0.2) is 6.61 Å². The summed E-state index contributed by atoms with van der Waals surface area (Å²) in [4.78, 5) is 13.2. The van der Waals surface area contributed by atoms with Gasteiger partial charge in [-0.05, 0) is 38.2 Å². The van der Waals surface area contributed by atoms with Crippen LogP contribution >= 0.6 is 0 Å². The molecule has 0 saturated carbocycles. The molecule has 0 aliphatic carbocycles. The van der Waals surface area contributed by atoms with E-state index in [-0.39, 0.29) is 12.5 Å². The van der Waals surface area contributed by atoms with Gasteiger partial charge in [0.1, 0.15) is 5.75 Å². The van der Waals surface area contributed by atoms with E-state index in [0.29, 0.717) is 0 Å². The molecule has 2 N–H and O–H groups in total. The highest BCUT2D eigenvalue weighted by molar-refractivity contribution is 5.97. The van der Waals surface area contributed by atoms with E-state index < -0.39 is 0 Å². The van der Waals surface area contributed by atoms with Crippen molar-refractivity contribution in [3.63, 3.8) is 0 Å². The third kappa shape index (κ3) is 2.73. The predicted molar refractivity (Wildman–Crippen MR) is 72.4 cm³/mol. The van der Waals surface area contributed by atoms with Crippen LogP contribution in [0.15, 0.2) is 18.2 Å². The molecule has 0 bridgehead atoms. The lowest BCUT2D eigenvalue weighted by molar-refractivity contribution is -0.120. The van der Waals surface area contributed by atoms with Crippen molar-refractivity contribution in [3.05, 3.63) is 18.2 Å². The second-order valence-corrected chi connectivity index (χ2v) is 4.31. The Hall–Kier alpha value is -1.75. The Labute approximate surface area is 107 Å². The summed E-state index contributed by atoms with van der Waals surface area (Å²) in [6, 6.07) is 5.83. The number of rotatable bonds is 5. The van der Waals surface area contributed by atoms with Gasteiger partial charge in [0, 0.05) is 19.3 Å². The Kier molecular flexibility index (Phi) is 4.04. The van der Waals surface area contributed by atoms with Crippen LogP contribution in [0, 0.1) is 0 Å². The van der Waals surface area contributed by atoms with Crippen LogP contribution in [-0.2, 0) is 4.79 Å². The van der Waals surface area contributed by atoms with E-state index in [2.05, 4.69) is 10.6 Å². The van der Waals surface area contributed by atoms with Crippen molar-refractivity contribution in [2.75, 3.05) is 44.0 Å². The third-order valence-corrected chi connectivity index (χ3v) is 2.98. The number of amides is 1. The minimum Gasteiger partial charge on any atom is -0.482 e. The average Bonchev–Trinajstić information content (AvgIpc) is 2.39. The van der Waals surface area contributed by atoms with Gasteiger partial charge in [0.25, 0.3) is 5.91 Å². The predicted octanol–water partition coefficient (Wildman–Crippen LogP) is 1.06. The molecule has 0 saturated heterocycles. The first-order valence-electron chi connectivity index (χ1n) is 6.14. The maximum Gasteiger partial charge on any atom is 0.264 e. The molecule has 0 fully saturated rings. The van der Waals surface area contributed by atoms with Gasteiger partial charge < -0.3 is 20.3 Å². The van der Waals surface area contributed by atoms with E-state index in [1.807, 2.05) is 25.2 Å². The van der Waals surface area contributed by atoms with Crippen LogP contribution in [0.5, 0.6) is 5.75 Å². The zero-order chi connectivity index (χ0) is 13.0. The second kappa shape index (κ2) is 5.73. The van der Waals surface area contributed by atoms with Crippen LogP contribution < -0.4 is 20.3 Å². The Morgan fingerprint density at radius 2 is 2.22 bits per heavy atom. The van der Waals surface area contributed by atoms with E-state index in [9.17, 15) is 4.79 Å². The number of hydrogen-bond acceptors (Lipinski definition) is 4. The number of benzene rings is 1. The van der Waals surface area contributed by atoms with Crippen molar-refractivity contribution in [2.45, 2.75) is 6.42 Å². The molecule has 2 rings (SSSR count). The van der Waals surface area contributed by atoms with Gasteiger partial charge in [0.2, 0.25) is 0 Å². The third-order valence-electron chi connectivity index (χ3n) is 2.98. The Bertz CT molecular complexity index is 434. The second-order valence-electron chi connectivity index (χ2n) is 4.31. The van der Waals surface area contributed by atoms with Gasteiger partial charge in [-0.1, -0.05) is 0 Å². The highest BCUT2D eigenvalue weighted by Crippen LogP contribution is 2.33. The average molecular weight is 249 g/mol. The number of ether oxygens (including phenoxy) is 1. The van der Waals surface area contributed by atoms with Crippen molar-refractivity contribution in [2.24, 2.45) is 0 Å². The van der Waals surface area contributed by atoms with E-state index in [1.54, 1.807) is 11.9 Å². The van der Waals surface area contributed by atoms with Gasteiger partial charge in [-0.25, -0.2) is 0 Å². The molecule has 0 aromatic heterocycles. The van der Waals surface area contributed by atoms with Crippen molar-refractivity contribution in [1.29, 1.82) is 0 Å². The Morgan fingerprint density at radius 1 is 1.39 bits per heavy atom. The number of hydrogen-bond donors (Lipinski definition) is 2. The van der Waals surface area contributed by atoms with Crippen LogP contribution in [0.4, 0.5) is 11.4 Å². The molecule has 0 spiro atoms. The van der Waals surface area contributed by atoms with Crippen LogP contribution in [0.3, 0.4) is 0 Å². The van der Waals surface area contributed by atoms with Crippen molar-refractivity contribution < 1.29 is 9.53 Å². The first-order valence-corrected chi connectivity index (χ1v) is 6.14. The maximum absolute atomic E-state index is 11.5. The van der Waals surface area contributed by atoms with Crippen molar-refractivity contribution in [1.82, 2.24) is 5.32 Å². The Morgan fingerprint density at radius 3 is 3.00 bits per heavy atom. The molecule has 0 radical (unpaired) electrons. The first kappa shape index (κ1) is 12.7. The van der Waals surface area contributed by atoms with Crippen LogP contribution in [0.25, 0.3) is 0 Å². The maximum atomic E-state index is 11.5. The Balaban J connectivity index is 2.04. The monoisotopic (exact) mass is 249 g/mol. The zero-order valence-electron chi connectivity index (χ0n) is 10.8. The summed E-state index contributed by atoms with van der Waals surface area (Å²) >= 11 is 0. The number of carbonyl (C=O) groups excluding carboxylic acids is 1. The normalized spacial score (nSPS) is 14.1. The fraction of sp³-hybridized carbons (Fsp3) is 0.462. The number of likely N-dealkylation sites (N-methyl/N-ethyl adjacent to an activating group) is 1. The molecular formula is C13H19N3O2. The molecule has 1 aliphatic rings. The summed E-state index contributed by atoms with van der Waals surface area (Å²) in [5.41, 5.74) is 1.83. The van der Waals surface area contributed by atoms with E-state index in [0.717, 1.165) is 36.6 Å². The van der Waals surface area contributed by atoms with Crippen molar-refractivity contribution >= 4 is 17.3 Å². The van der Waals surface area contributed by atoms with Gasteiger partial charge in [-0.2, -0.15) is 0 Å². The first-order chi connectivity index (χ1) is 8.72. The molecule has 1 aromatic carbocycles. The lowest BCUT2D eigenvalue weighted by atomic mass is 10.2. The van der Waals surface area contributed by atoms with Gasteiger partial charge in [-0.15, -0.1) is 0 Å². The van der Waals surface area contributed by atoms with Crippen LogP contribution in [0.2, 0.25) is 0 Å². The van der Waals surface area contributed by atoms with Gasteiger partial charge >= 0.3 is 0 Å². The molecule has 0 unspecified atom stereocenters. The molecule has 98 valence electrons. The van der Waals surface area contributed by atoms with E-state index in [4.69, 9.17) is 4.74 Å².